The number of nitrogens with zero attached hydrogens (tertiary/aromatic N) is 4. The Kier molecular flexibility index (Phi) is 4.90. The minimum Gasteiger partial charge on any atom is -0.372 e. The molecule has 0 radical (unpaired) electrons. The number of likely N-dealkylation sites (tertiary alicyclic amines) is 1. The van der Waals surface area contributed by atoms with Crippen molar-refractivity contribution in [3.63, 3.8) is 0 Å². The highest BCUT2D eigenvalue weighted by Gasteiger charge is 2.30. The van der Waals surface area contributed by atoms with Gasteiger partial charge in [0.25, 0.3) is 0 Å². The highest BCUT2D eigenvalue weighted by molar-refractivity contribution is 5.79. The SMILES string of the molecule is CCOCC(=O)N1CC[C@@H](n2c(-c3ccc(C)cc3)nc3cccnc32)C1. The van der Waals surface area contributed by atoms with Gasteiger partial charge >= 0.3 is 0 Å². The summed E-state index contributed by atoms with van der Waals surface area (Å²) in [6, 6.07) is 12.4. The van der Waals surface area contributed by atoms with Gasteiger partial charge in [0.15, 0.2) is 5.65 Å². The number of carbonyl (C=O) groups excluding carboxylic acids is 1. The second-order valence-corrected chi connectivity index (χ2v) is 6.94. The molecule has 0 saturated carbocycles. The van der Waals surface area contributed by atoms with Crippen molar-refractivity contribution in [2.75, 3.05) is 26.3 Å². The van der Waals surface area contributed by atoms with Gasteiger partial charge in [0.1, 0.15) is 17.9 Å². The van der Waals surface area contributed by atoms with Crippen LogP contribution in [0.2, 0.25) is 0 Å². The van der Waals surface area contributed by atoms with E-state index in [1.165, 1.54) is 5.56 Å². The number of aromatic nitrogens is 3. The minimum atomic E-state index is 0.0496. The van der Waals surface area contributed by atoms with Gasteiger partial charge in [-0.25, -0.2) is 9.97 Å². The second-order valence-electron chi connectivity index (χ2n) is 6.94. The van der Waals surface area contributed by atoms with Gasteiger partial charge in [-0.1, -0.05) is 29.8 Å². The number of hydrogen-bond acceptors (Lipinski definition) is 4. The molecule has 0 spiro atoms. The van der Waals surface area contributed by atoms with E-state index in [1.807, 2.05) is 24.0 Å². The van der Waals surface area contributed by atoms with E-state index in [0.717, 1.165) is 35.5 Å². The fourth-order valence-electron chi connectivity index (χ4n) is 3.64. The number of hydrogen-bond donors (Lipinski definition) is 0. The molecule has 0 aliphatic carbocycles. The van der Waals surface area contributed by atoms with Crippen molar-refractivity contribution in [3.8, 4) is 11.4 Å². The van der Waals surface area contributed by atoms with Gasteiger partial charge < -0.3 is 14.2 Å². The fourth-order valence-corrected chi connectivity index (χ4v) is 3.64. The van der Waals surface area contributed by atoms with Gasteiger partial charge in [-0.3, -0.25) is 4.79 Å². The summed E-state index contributed by atoms with van der Waals surface area (Å²) in [6.45, 7) is 6.07. The smallest absolute Gasteiger partial charge is 0.248 e. The van der Waals surface area contributed by atoms with E-state index in [0.29, 0.717) is 13.2 Å². The molecule has 3 aromatic rings. The first kappa shape index (κ1) is 17.7. The molecule has 1 atom stereocenters. The number of aryl methyl sites for hydroxylation is 1. The van der Waals surface area contributed by atoms with E-state index in [4.69, 9.17) is 9.72 Å². The Balaban J connectivity index is 1.70. The Morgan fingerprint density at radius 3 is 2.85 bits per heavy atom. The third-order valence-corrected chi connectivity index (χ3v) is 5.07. The predicted molar refractivity (Wildman–Crippen MR) is 104 cm³/mol. The Morgan fingerprint density at radius 2 is 2.07 bits per heavy atom. The summed E-state index contributed by atoms with van der Waals surface area (Å²) in [5.41, 5.74) is 4.04. The summed E-state index contributed by atoms with van der Waals surface area (Å²) in [4.78, 5) is 23.6. The van der Waals surface area contributed by atoms with Crippen LogP contribution in [0.4, 0.5) is 0 Å². The molecule has 27 heavy (non-hydrogen) atoms. The molecule has 6 heteroatoms. The maximum atomic E-state index is 12.3. The highest BCUT2D eigenvalue weighted by atomic mass is 16.5. The largest absolute Gasteiger partial charge is 0.372 e. The molecule has 0 N–H and O–H groups in total. The number of imidazole rings is 1. The number of rotatable bonds is 5. The zero-order valence-corrected chi connectivity index (χ0v) is 15.8. The van der Waals surface area contributed by atoms with Crippen LogP contribution in [-0.4, -0.2) is 51.6 Å². The average molecular weight is 364 g/mol. The molecule has 1 fully saturated rings. The topological polar surface area (TPSA) is 60.2 Å². The molecule has 6 nitrogen and oxygen atoms in total. The minimum absolute atomic E-state index is 0.0496. The summed E-state index contributed by atoms with van der Waals surface area (Å²) in [5, 5.41) is 0. The van der Waals surface area contributed by atoms with Gasteiger partial charge in [-0.15, -0.1) is 0 Å². The summed E-state index contributed by atoms with van der Waals surface area (Å²) in [6.07, 6.45) is 2.69. The molecule has 3 heterocycles. The Bertz CT molecular complexity index is 948. The van der Waals surface area contributed by atoms with Crippen molar-refractivity contribution in [1.82, 2.24) is 19.4 Å². The number of pyridine rings is 1. The molecule has 1 aliphatic rings. The van der Waals surface area contributed by atoms with Gasteiger partial charge in [0, 0.05) is 31.5 Å². The first-order chi connectivity index (χ1) is 13.2. The third kappa shape index (κ3) is 3.45. The van der Waals surface area contributed by atoms with Gasteiger partial charge in [0.05, 0.1) is 6.04 Å². The lowest BCUT2D eigenvalue weighted by Crippen LogP contribution is -2.32. The molecule has 140 valence electrons. The van der Waals surface area contributed by atoms with E-state index in [9.17, 15) is 4.79 Å². The standard InChI is InChI=1S/C21H24N4O2/c1-3-27-14-19(26)24-12-10-17(13-24)25-20(16-8-6-15(2)7-9-16)23-18-5-4-11-22-21(18)25/h4-9,11,17H,3,10,12-14H2,1-2H3/t17-/m1/s1. The average Bonchev–Trinajstić information content (AvgIpc) is 3.31. The fraction of sp³-hybridized carbons (Fsp3) is 0.381. The van der Waals surface area contributed by atoms with Crippen molar-refractivity contribution in [1.29, 1.82) is 0 Å². The quantitative estimate of drug-likeness (QED) is 0.697. The van der Waals surface area contributed by atoms with Crippen LogP contribution in [0.1, 0.15) is 24.9 Å². The van der Waals surface area contributed by atoms with Gasteiger partial charge in [0.2, 0.25) is 5.91 Å². The highest BCUT2D eigenvalue weighted by Crippen LogP contribution is 2.32. The lowest BCUT2D eigenvalue weighted by Gasteiger charge is -2.19. The molecule has 2 aromatic heterocycles. The molecular weight excluding hydrogens is 340 g/mol. The monoisotopic (exact) mass is 364 g/mol. The van der Waals surface area contributed by atoms with Crippen molar-refractivity contribution in [3.05, 3.63) is 48.2 Å². The summed E-state index contributed by atoms with van der Waals surface area (Å²) in [5.74, 6) is 0.960. The lowest BCUT2D eigenvalue weighted by molar-refractivity contribution is -0.135. The van der Waals surface area contributed by atoms with Gasteiger partial charge in [-0.05, 0) is 32.4 Å². The molecular formula is C21H24N4O2. The van der Waals surface area contributed by atoms with Crippen molar-refractivity contribution < 1.29 is 9.53 Å². The molecule has 1 saturated heterocycles. The number of benzene rings is 1. The van der Waals surface area contributed by atoms with Crippen molar-refractivity contribution in [2.24, 2.45) is 0 Å². The molecule has 1 aromatic carbocycles. The first-order valence-corrected chi connectivity index (χ1v) is 9.43. The van der Waals surface area contributed by atoms with Crippen molar-refractivity contribution >= 4 is 17.1 Å². The molecule has 1 aliphatic heterocycles. The lowest BCUT2D eigenvalue weighted by atomic mass is 10.1. The third-order valence-electron chi connectivity index (χ3n) is 5.07. The van der Waals surface area contributed by atoms with E-state index in [2.05, 4.69) is 40.7 Å². The maximum absolute atomic E-state index is 12.3. The Labute approximate surface area is 158 Å². The van der Waals surface area contributed by atoms with Crippen molar-refractivity contribution in [2.45, 2.75) is 26.3 Å². The molecule has 4 rings (SSSR count). The Hall–Kier alpha value is -2.73. The molecule has 0 unspecified atom stereocenters. The normalized spacial score (nSPS) is 17.0. The van der Waals surface area contributed by atoms with E-state index in [-0.39, 0.29) is 18.6 Å². The molecule has 1 amide bonds. The molecule has 0 bridgehead atoms. The van der Waals surface area contributed by atoms with Crippen LogP contribution in [0.25, 0.3) is 22.6 Å². The van der Waals surface area contributed by atoms with Gasteiger partial charge in [-0.2, -0.15) is 0 Å². The van der Waals surface area contributed by atoms with E-state index < -0.39 is 0 Å². The van der Waals surface area contributed by atoms with Crippen LogP contribution in [0.15, 0.2) is 42.6 Å². The zero-order chi connectivity index (χ0) is 18.8. The van der Waals surface area contributed by atoms with E-state index >= 15 is 0 Å². The number of amides is 1. The van der Waals surface area contributed by atoms with Crippen LogP contribution in [0.3, 0.4) is 0 Å². The summed E-state index contributed by atoms with van der Waals surface area (Å²) < 4.78 is 7.49. The number of carbonyl (C=O) groups is 1. The van der Waals surface area contributed by atoms with Crippen LogP contribution in [0.5, 0.6) is 0 Å². The number of fused-ring (bicyclic) bond motifs is 1. The van der Waals surface area contributed by atoms with E-state index in [1.54, 1.807) is 6.20 Å². The first-order valence-electron chi connectivity index (χ1n) is 9.43. The van der Waals surface area contributed by atoms with Crippen LogP contribution < -0.4 is 0 Å². The number of ether oxygens (including phenoxy) is 1. The van der Waals surface area contributed by atoms with Crippen LogP contribution >= 0.6 is 0 Å². The maximum Gasteiger partial charge on any atom is 0.248 e. The summed E-state index contributed by atoms with van der Waals surface area (Å²) >= 11 is 0. The zero-order valence-electron chi connectivity index (χ0n) is 15.8. The van der Waals surface area contributed by atoms with Crippen LogP contribution in [-0.2, 0) is 9.53 Å². The Morgan fingerprint density at radius 1 is 1.26 bits per heavy atom. The van der Waals surface area contributed by atoms with Crippen LogP contribution in [0, 0.1) is 6.92 Å². The predicted octanol–water partition coefficient (Wildman–Crippen LogP) is 3.22. The second kappa shape index (κ2) is 7.48. The summed E-state index contributed by atoms with van der Waals surface area (Å²) in [7, 11) is 0.